The number of carbonyl (C=O) groups is 7. The van der Waals surface area contributed by atoms with Crippen LogP contribution in [0.4, 0.5) is 4.79 Å². The van der Waals surface area contributed by atoms with E-state index < -0.39 is 71.0 Å². The van der Waals surface area contributed by atoms with E-state index in [-0.39, 0.29) is 36.5 Å². The number of nitrogens with one attached hydrogen (secondary N) is 3. The molecule has 0 spiro atoms. The lowest BCUT2D eigenvalue weighted by molar-refractivity contribution is -0.154. The molecule has 3 aliphatic rings. The SMILES string of the molecule is CC(=O)OC(NC(=O)C(NC(=O)N1CCN(Cc2ccccc2)C(=O)C1=O)c1ccccc1)C1=C(C(=O)O)N2C(=O)[C@H](NO)[C@H]2SC1. The van der Waals surface area contributed by atoms with Gasteiger partial charge in [0.25, 0.3) is 5.91 Å². The molecule has 2 fully saturated rings. The zero-order valence-electron chi connectivity index (χ0n) is 24.8. The number of rotatable bonds is 10. The van der Waals surface area contributed by atoms with E-state index in [2.05, 4.69) is 10.6 Å². The molecule has 2 aromatic carbocycles. The number of hydroxylamine groups is 1. The molecule has 0 aliphatic carbocycles. The lowest BCUT2D eigenvalue weighted by Gasteiger charge is -2.49. The Labute approximate surface area is 271 Å². The zero-order valence-corrected chi connectivity index (χ0v) is 25.6. The Kier molecular flexibility index (Phi) is 9.88. The fourth-order valence-corrected chi connectivity index (χ4v) is 6.73. The number of fused-ring (bicyclic) bond motifs is 1. The summed E-state index contributed by atoms with van der Waals surface area (Å²) in [6.07, 6.45) is -1.68. The molecule has 6 amide bonds. The summed E-state index contributed by atoms with van der Waals surface area (Å²) < 4.78 is 5.30. The van der Waals surface area contributed by atoms with Crippen LogP contribution in [0.2, 0.25) is 0 Å². The number of carboxylic acids is 1. The summed E-state index contributed by atoms with van der Waals surface area (Å²) >= 11 is 1.07. The van der Waals surface area contributed by atoms with Crippen LogP contribution < -0.4 is 16.1 Å². The van der Waals surface area contributed by atoms with Crippen LogP contribution >= 0.6 is 11.8 Å². The number of hydrogen-bond acceptors (Lipinski definition) is 11. The molecular weight excluding hydrogens is 636 g/mol. The predicted octanol–water partition coefficient (Wildman–Crippen LogP) is -0.0851. The molecule has 246 valence electrons. The number of β-lactam (4-membered cyclic amide) rings is 1. The Hall–Kier alpha value is -5.26. The second-order valence-electron chi connectivity index (χ2n) is 10.7. The van der Waals surface area contributed by atoms with E-state index in [4.69, 9.17) is 4.74 Å². The van der Waals surface area contributed by atoms with Crippen LogP contribution in [0.15, 0.2) is 71.9 Å². The number of amides is 6. The highest BCUT2D eigenvalue weighted by Crippen LogP contribution is 2.41. The number of nitrogens with zero attached hydrogens (tertiary/aromatic N) is 3. The highest BCUT2D eigenvalue weighted by molar-refractivity contribution is 8.00. The Balaban J connectivity index is 1.37. The van der Waals surface area contributed by atoms with Crippen molar-refractivity contribution in [1.29, 1.82) is 0 Å². The number of benzene rings is 2. The number of ether oxygens (including phenoxy) is 1. The first-order valence-corrected chi connectivity index (χ1v) is 15.3. The fourth-order valence-electron chi connectivity index (χ4n) is 5.37. The number of hydrogen-bond donors (Lipinski definition) is 5. The van der Waals surface area contributed by atoms with Crippen LogP contribution in [-0.2, 0) is 40.0 Å². The molecule has 3 heterocycles. The summed E-state index contributed by atoms with van der Waals surface area (Å²) in [5, 5.41) is 23.4. The van der Waals surface area contributed by atoms with Gasteiger partial charge < -0.3 is 30.6 Å². The fraction of sp³-hybridized carbons (Fsp3) is 0.300. The van der Waals surface area contributed by atoms with Crippen LogP contribution in [0, 0.1) is 0 Å². The van der Waals surface area contributed by atoms with Crippen molar-refractivity contribution in [1.82, 2.24) is 30.8 Å². The minimum atomic E-state index is -1.68. The van der Waals surface area contributed by atoms with Crippen molar-refractivity contribution in [2.75, 3.05) is 18.8 Å². The van der Waals surface area contributed by atoms with E-state index in [1.165, 1.54) is 17.0 Å². The Morgan fingerprint density at radius 3 is 2.23 bits per heavy atom. The first-order chi connectivity index (χ1) is 22.5. The maximum absolute atomic E-state index is 13.8. The van der Waals surface area contributed by atoms with Crippen LogP contribution in [0.25, 0.3) is 0 Å². The number of thioether (sulfide) groups is 1. The van der Waals surface area contributed by atoms with Gasteiger partial charge >= 0.3 is 29.8 Å². The van der Waals surface area contributed by atoms with Gasteiger partial charge in [0.05, 0.1) is 0 Å². The number of carbonyl (C=O) groups excluding carboxylic acids is 6. The Morgan fingerprint density at radius 2 is 1.62 bits per heavy atom. The number of piperazine rings is 1. The molecular formula is C30H30N6O10S. The molecule has 16 nitrogen and oxygen atoms in total. The third-order valence-electron chi connectivity index (χ3n) is 7.65. The van der Waals surface area contributed by atoms with E-state index in [0.717, 1.165) is 29.1 Å². The molecule has 0 bridgehead atoms. The molecule has 0 aromatic heterocycles. The molecule has 2 aromatic rings. The molecule has 2 unspecified atom stereocenters. The van der Waals surface area contributed by atoms with E-state index in [1.54, 1.807) is 42.5 Å². The summed E-state index contributed by atoms with van der Waals surface area (Å²) in [5.74, 6) is -6.22. The third-order valence-corrected chi connectivity index (χ3v) is 8.95. The summed E-state index contributed by atoms with van der Waals surface area (Å²) in [7, 11) is 0. The van der Waals surface area contributed by atoms with Gasteiger partial charge in [0.2, 0.25) is 12.1 Å². The number of carboxylic acid groups (broad SMARTS) is 1. The van der Waals surface area contributed by atoms with Crippen molar-refractivity contribution in [3.8, 4) is 0 Å². The molecule has 17 heteroatoms. The van der Waals surface area contributed by atoms with E-state index in [9.17, 15) is 43.9 Å². The van der Waals surface area contributed by atoms with E-state index in [0.29, 0.717) is 4.90 Å². The van der Waals surface area contributed by atoms with Gasteiger partial charge in [0.15, 0.2) is 0 Å². The van der Waals surface area contributed by atoms with Crippen LogP contribution in [0.3, 0.4) is 0 Å². The topological polar surface area (TPSA) is 215 Å². The maximum Gasteiger partial charge on any atom is 0.352 e. The summed E-state index contributed by atoms with van der Waals surface area (Å²) in [6, 6.07) is 13.3. The minimum absolute atomic E-state index is 0.0519. The minimum Gasteiger partial charge on any atom is -0.477 e. The summed E-state index contributed by atoms with van der Waals surface area (Å²) in [6.45, 7) is 1.11. The summed E-state index contributed by atoms with van der Waals surface area (Å²) in [4.78, 5) is 93.0. The van der Waals surface area contributed by atoms with E-state index in [1.807, 2.05) is 11.5 Å². The van der Waals surface area contributed by atoms with E-state index >= 15 is 0 Å². The van der Waals surface area contributed by atoms with Gasteiger partial charge in [-0.05, 0) is 11.1 Å². The molecule has 4 atom stereocenters. The number of urea groups is 1. The highest BCUT2D eigenvalue weighted by atomic mass is 32.2. The zero-order chi connectivity index (χ0) is 33.8. The lowest BCUT2D eigenvalue weighted by atomic mass is 10.0. The predicted molar refractivity (Wildman–Crippen MR) is 161 cm³/mol. The molecule has 3 aliphatic heterocycles. The maximum atomic E-state index is 13.8. The number of imide groups is 1. The monoisotopic (exact) mass is 666 g/mol. The first kappa shape index (κ1) is 33.1. The van der Waals surface area contributed by atoms with Crippen molar-refractivity contribution in [2.24, 2.45) is 0 Å². The molecule has 47 heavy (non-hydrogen) atoms. The van der Waals surface area contributed by atoms with Gasteiger partial charge in [-0.3, -0.25) is 33.8 Å². The molecule has 5 rings (SSSR count). The average molecular weight is 667 g/mol. The number of esters is 1. The molecule has 2 saturated heterocycles. The van der Waals surface area contributed by atoms with Crippen LogP contribution in [0.1, 0.15) is 24.1 Å². The van der Waals surface area contributed by atoms with Gasteiger partial charge in [-0.2, -0.15) is 5.48 Å². The average Bonchev–Trinajstić information content (AvgIpc) is 3.05. The van der Waals surface area contributed by atoms with Crippen molar-refractivity contribution >= 4 is 53.4 Å². The third kappa shape index (κ3) is 6.81. The van der Waals surface area contributed by atoms with Crippen LogP contribution in [-0.4, -0.2) is 103 Å². The van der Waals surface area contributed by atoms with Gasteiger partial charge in [-0.15, -0.1) is 11.8 Å². The van der Waals surface area contributed by atoms with Gasteiger partial charge in [0, 0.05) is 37.9 Å². The van der Waals surface area contributed by atoms with Crippen molar-refractivity contribution in [2.45, 2.75) is 37.2 Å². The van der Waals surface area contributed by atoms with Crippen molar-refractivity contribution in [3.05, 3.63) is 83.1 Å². The largest absolute Gasteiger partial charge is 0.477 e. The second kappa shape index (κ2) is 14.0. The molecule has 0 radical (unpaired) electrons. The first-order valence-electron chi connectivity index (χ1n) is 14.3. The second-order valence-corrected chi connectivity index (χ2v) is 11.8. The van der Waals surface area contributed by atoms with Crippen molar-refractivity contribution in [3.63, 3.8) is 0 Å². The van der Waals surface area contributed by atoms with Crippen molar-refractivity contribution < 1.29 is 48.6 Å². The normalized spacial score (nSPS) is 20.6. The standard InChI is InChI=1S/C30H30N6O10S/c1-16(37)46-24(19-15-47-28-21(33-45)25(39)36(28)22(19)29(42)43)32-23(38)20(18-10-6-3-7-11-18)31-30(44)35-13-12-34(26(40)27(35)41)14-17-8-4-2-5-9-17/h2-11,20-21,24,28,33,45H,12-15H2,1H3,(H,31,44)(H,32,38)(H,42,43)/t20?,21-,24?,28+/m0/s1. The lowest BCUT2D eigenvalue weighted by Crippen LogP contribution is -2.69. The molecule has 0 saturated carbocycles. The van der Waals surface area contributed by atoms with Gasteiger partial charge in [-0.1, -0.05) is 60.7 Å². The van der Waals surface area contributed by atoms with Gasteiger partial charge in [0.1, 0.15) is 23.2 Å². The van der Waals surface area contributed by atoms with Crippen LogP contribution in [0.5, 0.6) is 0 Å². The quantitative estimate of drug-likeness (QED) is 0.0740. The smallest absolute Gasteiger partial charge is 0.352 e. The Morgan fingerprint density at radius 1 is 0.957 bits per heavy atom. The van der Waals surface area contributed by atoms with Gasteiger partial charge in [-0.25, -0.2) is 9.59 Å². The number of aliphatic carboxylic acids is 1. The molecule has 5 N–H and O–H groups in total. The highest BCUT2D eigenvalue weighted by Gasteiger charge is 2.54. The summed E-state index contributed by atoms with van der Waals surface area (Å²) in [5.41, 5.74) is 2.23. The Bertz CT molecular complexity index is 1640.